The maximum Gasteiger partial charge on any atom is 0.416 e. The van der Waals surface area contributed by atoms with Crippen LogP contribution in [0.4, 0.5) is 13.2 Å². The number of aliphatic hydroxyl groups excluding tert-OH is 1. The number of hydrogen-bond donors (Lipinski definition) is 2. The number of aliphatic hydroxyl groups is 2. The Morgan fingerprint density at radius 2 is 1.65 bits per heavy atom. The molecule has 1 saturated heterocycles. The predicted octanol–water partition coefficient (Wildman–Crippen LogP) is 8.44. The number of alkyl halides is 3. The zero-order chi connectivity index (χ0) is 38.8. The Morgan fingerprint density at radius 1 is 0.927 bits per heavy atom. The number of benzene rings is 1. The summed E-state index contributed by atoms with van der Waals surface area (Å²) in [6, 6.07) is 9.41. The Balaban J connectivity index is 1.05. The second kappa shape index (κ2) is 12.4. The second-order valence-corrected chi connectivity index (χ2v) is 17.9. The maximum atomic E-state index is 15.0. The van der Waals surface area contributed by atoms with Crippen LogP contribution >= 0.6 is 11.6 Å². The van der Waals surface area contributed by atoms with Gasteiger partial charge in [0, 0.05) is 60.1 Å². The van der Waals surface area contributed by atoms with Crippen LogP contribution in [0.5, 0.6) is 0 Å². The molecule has 292 valence electrons. The topological polar surface area (TPSA) is 107 Å². The normalized spacial score (nSPS) is 37.0. The molecule has 1 amide bonds. The van der Waals surface area contributed by atoms with Crippen LogP contribution in [0.25, 0.3) is 11.3 Å². The number of fused-ring (bicyclic) bond motifs is 1. The lowest BCUT2D eigenvalue weighted by atomic mass is 9.32. The molecule has 4 fully saturated rings. The number of rotatable bonds is 6. The number of ketones is 1. The minimum atomic E-state index is -4.58. The molecule has 8 nitrogen and oxygen atoms in total. The molecule has 3 saturated carbocycles. The van der Waals surface area contributed by atoms with Gasteiger partial charge < -0.3 is 23.9 Å². The van der Waals surface area contributed by atoms with Crippen molar-refractivity contribution in [1.29, 1.82) is 0 Å². The first kappa shape index (κ1) is 37.0. The van der Waals surface area contributed by atoms with E-state index in [2.05, 4.69) is 37.0 Å². The van der Waals surface area contributed by atoms with Crippen molar-refractivity contribution in [2.24, 2.45) is 33.5 Å². The molecule has 7 aliphatic rings. The highest BCUT2D eigenvalue weighted by Gasteiger charge is 2.74. The Bertz CT molecular complexity index is 2100. The summed E-state index contributed by atoms with van der Waals surface area (Å²) in [5.74, 6) is -0.104. The van der Waals surface area contributed by atoms with Crippen LogP contribution in [0.2, 0.25) is 5.02 Å². The van der Waals surface area contributed by atoms with Gasteiger partial charge in [0.2, 0.25) is 5.78 Å². The molecule has 2 N–H and O–H groups in total. The van der Waals surface area contributed by atoms with Crippen molar-refractivity contribution in [3.8, 4) is 11.3 Å². The molecule has 1 aliphatic heterocycles. The molecule has 2 aromatic heterocycles. The minimum absolute atomic E-state index is 0.0146. The number of carbonyl (C=O) groups excluding carboxylic acids is 2. The fourth-order valence-electron chi connectivity index (χ4n) is 12.3. The smallest absolute Gasteiger partial charge is 0.416 e. The van der Waals surface area contributed by atoms with Gasteiger partial charge in [-0.2, -0.15) is 13.2 Å². The van der Waals surface area contributed by atoms with E-state index in [1.807, 2.05) is 0 Å². The highest BCUT2D eigenvalue weighted by Crippen LogP contribution is 2.78. The van der Waals surface area contributed by atoms with Crippen molar-refractivity contribution < 1.29 is 41.8 Å². The minimum Gasteiger partial charge on any atom is -0.459 e. The number of amides is 1. The number of carbonyl (C=O) groups is 2. The molecule has 10 rings (SSSR count). The van der Waals surface area contributed by atoms with E-state index in [-0.39, 0.29) is 51.0 Å². The Morgan fingerprint density at radius 3 is 2.38 bits per heavy atom. The van der Waals surface area contributed by atoms with Crippen molar-refractivity contribution in [2.45, 2.75) is 76.7 Å². The van der Waals surface area contributed by atoms with E-state index in [0.717, 1.165) is 31.4 Å². The first-order chi connectivity index (χ1) is 26.0. The van der Waals surface area contributed by atoms with Crippen LogP contribution in [0, 0.1) is 33.5 Å². The van der Waals surface area contributed by atoms with E-state index in [4.69, 9.17) is 20.4 Å². The average Bonchev–Trinajstić information content (AvgIpc) is 3.92. The number of hydrogen-bond acceptors (Lipinski definition) is 7. The van der Waals surface area contributed by atoms with Crippen LogP contribution in [0.1, 0.15) is 85.5 Å². The van der Waals surface area contributed by atoms with Crippen LogP contribution < -0.4 is 0 Å². The Labute approximate surface area is 323 Å². The van der Waals surface area contributed by atoms with Crippen molar-refractivity contribution >= 4 is 23.3 Å². The fourth-order valence-corrected chi connectivity index (χ4v) is 12.5. The van der Waals surface area contributed by atoms with Gasteiger partial charge in [-0.15, -0.1) is 0 Å². The van der Waals surface area contributed by atoms with Gasteiger partial charge in [0.25, 0.3) is 5.91 Å². The van der Waals surface area contributed by atoms with E-state index in [0.29, 0.717) is 69.7 Å². The highest BCUT2D eigenvalue weighted by molar-refractivity contribution is 6.33. The molecule has 1 aromatic carbocycles. The SMILES string of the molecule is CC12CCC(O)CC13C=CC1(C(C(=O)c4ccc(-c5cc(C(F)(F)F)ccc5Cl)o4)=C3)C2CCC2(C)C1CCC2(O)CN1CCN(C(=O)c2ccco2)CC1. The van der Waals surface area contributed by atoms with E-state index in [1.54, 1.807) is 17.0 Å². The molecular weight excluding hydrogens is 733 g/mol. The molecule has 0 radical (unpaired) electrons. The molecule has 6 aliphatic carbocycles. The standard InChI is InChI=1S/C43H46ClF3N2O6/c1-38-12-9-27(50)23-40(38)15-16-42(29(24-40)36(51)32-8-7-31(55-32)28-22-26(43(45,46)47)5-6-30(28)44)34(38)10-13-39(2)35(42)11-14-41(39,53)25-48-17-19-49(20-18-48)37(52)33-4-3-21-54-33/h3-8,15-16,21-22,24,27,34-35,50,53H,9-14,17-20,23,25H2,1-2H3. The monoisotopic (exact) mass is 778 g/mol. The van der Waals surface area contributed by atoms with Crippen LogP contribution in [-0.4, -0.2) is 76.1 Å². The number of β-amino-alcohol motifs (C(OH)–C–C–N with tert-alkyl or cyclic N) is 1. The van der Waals surface area contributed by atoms with Gasteiger partial charge in [0.15, 0.2) is 11.5 Å². The van der Waals surface area contributed by atoms with Crippen LogP contribution in [0.3, 0.4) is 0 Å². The van der Waals surface area contributed by atoms with E-state index >= 15 is 4.79 Å². The summed E-state index contributed by atoms with van der Waals surface area (Å²) < 4.78 is 52.4. The number of halogens is 4. The lowest BCUT2D eigenvalue weighted by Gasteiger charge is -2.71. The number of nitrogens with zero attached hydrogens (tertiary/aromatic N) is 2. The number of piperazine rings is 1. The lowest BCUT2D eigenvalue weighted by molar-refractivity contribution is -0.177. The molecule has 8 unspecified atom stereocenters. The molecular formula is C43H46ClF3N2O6. The summed E-state index contributed by atoms with van der Waals surface area (Å²) in [7, 11) is 0. The summed E-state index contributed by atoms with van der Waals surface area (Å²) in [4.78, 5) is 32.0. The second-order valence-electron chi connectivity index (χ2n) is 17.5. The largest absolute Gasteiger partial charge is 0.459 e. The first-order valence-corrected chi connectivity index (χ1v) is 19.8. The summed E-state index contributed by atoms with van der Waals surface area (Å²) in [6.45, 7) is 7.23. The van der Waals surface area contributed by atoms with Crippen molar-refractivity contribution in [1.82, 2.24) is 9.80 Å². The third kappa shape index (κ3) is 5.28. The fraction of sp³-hybridized carbons (Fsp3) is 0.535. The third-order valence-electron chi connectivity index (χ3n) is 15.2. The molecule has 2 spiro atoms. The van der Waals surface area contributed by atoms with Gasteiger partial charge in [-0.25, -0.2) is 0 Å². The summed E-state index contributed by atoms with van der Waals surface area (Å²) in [6.07, 6.45) is 7.73. The Kier molecular flexibility index (Phi) is 8.35. The van der Waals surface area contributed by atoms with Gasteiger partial charge in [-0.3, -0.25) is 14.5 Å². The average molecular weight is 779 g/mol. The van der Waals surface area contributed by atoms with E-state index < -0.39 is 39.7 Å². The van der Waals surface area contributed by atoms with Gasteiger partial charge >= 0.3 is 6.18 Å². The predicted molar refractivity (Wildman–Crippen MR) is 198 cm³/mol. The number of furan rings is 2. The quantitative estimate of drug-likeness (QED) is 0.191. The van der Waals surface area contributed by atoms with Gasteiger partial charge in [0.1, 0.15) is 5.76 Å². The molecule has 3 heterocycles. The Hall–Kier alpha value is -3.64. The van der Waals surface area contributed by atoms with Gasteiger partial charge in [0.05, 0.1) is 28.6 Å². The van der Waals surface area contributed by atoms with Crippen molar-refractivity contribution in [3.63, 3.8) is 0 Å². The number of Topliss-reactive ketones (excluding diaryl/α,β-unsaturated/α-hetero) is 1. The zero-order valence-electron chi connectivity index (χ0n) is 31.0. The van der Waals surface area contributed by atoms with E-state index in [9.17, 15) is 28.2 Å². The summed E-state index contributed by atoms with van der Waals surface area (Å²) in [5, 5.41) is 23.9. The maximum absolute atomic E-state index is 15.0. The lowest BCUT2D eigenvalue weighted by Crippen LogP contribution is -2.67. The molecule has 8 atom stereocenters. The van der Waals surface area contributed by atoms with Gasteiger partial charge in [-0.05, 0) is 105 Å². The van der Waals surface area contributed by atoms with Crippen molar-refractivity contribution in [3.05, 3.63) is 94.6 Å². The summed E-state index contributed by atoms with van der Waals surface area (Å²) >= 11 is 6.37. The zero-order valence-corrected chi connectivity index (χ0v) is 31.8. The molecule has 12 heteroatoms. The van der Waals surface area contributed by atoms with E-state index in [1.165, 1.54) is 24.5 Å². The van der Waals surface area contributed by atoms with Crippen molar-refractivity contribution in [2.75, 3.05) is 32.7 Å². The summed E-state index contributed by atoms with van der Waals surface area (Å²) in [5.41, 5.74) is -3.37. The van der Waals surface area contributed by atoms with Gasteiger partial charge in [-0.1, -0.05) is 43.7 Å². The molecule has 55 heavy (non-hydrogen) atoms. The molecule has 3 aromatic rings. The highest BCUT2D eigenvalue weighted by atomic mass is 35.5. The third-order valence-corrected chi connectivity index (χ3v) is 15.6. The molecule has 2 bridgehead atoms. The number of allylic oxidation sites excluding steroid dienone is 4. The van der Waals surface area contributed by atoms with Crippen LogP contribution in [0.15, 0.2) is 81.4 Å². The first-order valence-electron chi connectivity index (χ1n) is 19.4. The van der Waals surface area contributed by atoms with Crippen LogP contribution in [-0.2, 0) is 6.18 Å².